The maximum absolute atomic E-state index is 12.5. The summed E-state index contributed by atoms with van der Waals surface area (Å²) in [6, 6.07) is 8.18. The lowest BCUT2D eigenvalue weighted by Gasteiger charge is -2.07. The van der Waals surface area contributed by atoms with Crippen molar-refractivity contribution in [2.75, 3.05) is 10.5 Å². The Kier molecular flexibility index (Phi) is 3.23. The van der Waals surface area contributed by atoms with Gasteiger partial charge in [-0.05, 0) is 30.3 Å². The number of hydrogen-bond acceptors (Lipinski definition) is 4. The number of rotatable bonds is 3. The highest BCUT2D eigenvalue weighted by atomic mass is 35.5. The van der Waals surface area contributed by atoms with E-state index in [1.54, 1.807) is 30.3 Å². The number of nitrogens with two attached hydrogens (primary N) is 1. The highest BCUT2D eigenvalue weighted by molar-refractivity contribution is 7.93. The minimum atomic E-state index is -3.82. The minimum Gasteiger partial charge on any atom is -0.399 e. The predicted octanol–water partition coefficient (Wildman–Crippen LogP) is 2.60. The van der Waals surface area contributed by atoms with Crippen molar-refractivity contribution in [1.82, 2.24) is 9.97 Å². The first-order chi connectivity index (χ1) is 9.97. The zero-order chi connectivity index (χ0) is 15.0. The molecule has 0 aliphatic rings. The zero-order valence-electron chi connectivity index (χ0n) is 10.7. The summed E-state index contributed by atoms with van der Waals surface area (Å²) < 4.78 is 27.3. The van der Waals surface area contributed by atoms with Gasteiger partial charge in [-0.2, -0.15) is 0 Å². The Morgan fingerprint density at radius 3 is 2.86 bits per heavy atom. The molecule has 3 rings (SSSR count). The Morgan fingerprint density at radius 1 is 1.29 bits per heavy atom. The molecule has 21 heavy (non-hydrogen) atoms. The highest BCUT2D eigenvalue weighted by Crippen LogP contribution is 2.27. The fourth-order valence-corrected chi connectivity index (χ4v) is 3.40. The molecule has 0 unspecified atom stereocenters. The van der Waals surface area contributed by atoms with Crippen LogP contribution < -0.4 is 10.5 Å². The molecule has 1 aromatic carbocycles. The molecule has 0 bridgehead atoms. The summed E-state index contributed by atoms with van der Waals surface area (Å²) in [6.45, 7) is 0. The van der Waals surface area contributed by atoms with Crippen LogP contribution in [0.5, 0.6) is 0 Å². The molecular weight excluding hydrogens is 312 g/mol. The van der Waals surface area contributed by atoms with Gasteiger partial charge >= 0.3 is 0 Å². The van der Waals surface area contributed by atoms with Gasteiger partial charge in [0.15, 0.2) is 5.82 Å². The van der Waals surface area contributed by atoms with Crippen LogP contribution >= 0.6 is 11.6 Å². The third-order valence-corrected chi connectivity index (χ3v) is 4.63. The summed E-state index contributed by atoms with van der Waals surface area (Å²) in [5.74, 6) is 0.0809. The lowest BCUT2D eigenvalue weighted by molar-refractivity contribution is 0.602. The molecule has 6 nitrogen and oxygen atoms in total. The van der Waals surface area contributed by atoms with Gasteiger partial charge in [0, 0.05) is 29.0 Å². The summed E-state index contributed by atoms with van der Waals surface area (Å²) in [6.07, 6.45) is 2.86. The quantitative estimate of drug-likeness (QED) is 0.645. The van der Waals surface area contributed by atoms with Crippen LogP contribution in [0.3, 0.4) is 0 Å². The number of aromatic nitrogens is 2. The maximum atomic E-state index is 12.5. The normalized spacial score (nSPS) is 11.7. The fourth-order valence-electron chi connectivity index (χ4n) is 1.98. The van der Waals surface area contributed by atoms with Gasteiger partial charge in [-0.25, -0.2) is 13.4 Å². The minimum absolute atomic E-state index is 0.0809. The molecule has 0 aliphatic heterocycles. The van der Waals surface area contributed by atoms with Crippen molar-refractivity contribution in [3.05, 3.63) is 47.7 Å². The van der Waals surface area contributed by atoms with Crippen molar-refractivity contribution in [3.63, 3.8) is 0 Å². The Morgan fingerprint density at radius 2 is 2.10 bits per heavy atom. The number of sulfonamides is 1. The monoisotopic (exact) mass is 322 g/mol. The molecule has 0 saturated heterocycles. The first-order valence-electron chi connectivity index (χ1n) is 5.97. The van der Waals surface area contributed by atoms with E-state index < -0.39 is 10.0 Å². The van der Waals surface area contributed by atoms with Gasteiger partial charge in [-0.3, -0.25) is 4.72 Å². The van der Waals surface area contributed by atoms with E-state index in [2.05, 4.69) is 14.7 Å². The van der Waals surface area contributed by atoms with Crippen LogP contribution in [0.15, 0.2) is 47.6 Å². The average molecular weight is 323 g/mol. The molecule has 0 aliphatic carbocycles. The molecule has 0 saturated carbocycles. The molecule has 4 N–H and O–H groups in total. The van der Waals surface area contributed by atoms with Crippen molar-refractivity contribution in [2.24, 2.45) is 0 Å². The zero-order valence-corrected chi connectivity index (χ0v) is 12.2. The van der Waals surface area contributed by atoms with Crippen LogP contribution in [0, 0.1) is 0 Å². The topological polar surface area (TPSA) is 101 Å². The number of pyridine rings is 1. The Balaban J connectivity index is 2.09. The standard InChI is InChI=1S/C13H11ClN4O2S/c14-10-2-1-5-16-13(10)18-21(19,20)12-7-17-11-4-3-8(15)6-9(11)12/h1-7,17H,15H2,(H,16,18). The lowest BCUT2D eigenvalue weighted by Crippen LogP contribution is -2.13. The maximum Gasteiger partial charge on any atom is 0.265 e. The van der Waals surface area contributed by atoms with Crippen LogP contribution in [0.2, 0.25) is 5.02 Å². The smallest absolute Gasteiger partial charge is 0.265 e. The van der Waals surface area contributed by atoms with Crippen molar-refractivity contribution in [3.8, 4) is 0 Å². The van der Waals surface area contributed by atoms with Crippen molar-refractivity contribution < 1.29 is 8.42 Å². The van der Waals surface area contributed by atoms with Gasteiger partial charge in [-0.15, -0.1) is 0 Å². The molecule has 8 heteroatoms. The SMILES string of the molecule is Nc1ccc2[nH]cc(S(=O)(=O)Nc3ncccc3Cl)c2c1. The molecule has 0 radical (unpaired) electrons. The molecule has 2 heterocycles. The van der Waals surface area contributed by atoms with Crippen LogP contribution in [0.1, 0.15) is 0 Å². The fraction of sp³-hybridized carbons (Fsp3) is 0. The number of anilines is 2. The molecule has 0 atom stereocenters. The van der Waals surface area contributed by atoms with Gasteiger partial charge in [-0.1, -0.05) is 11.6 Å². The Hall–Kier alpha value is -2.25. The van der Waals surface area contributed by atoms with E-state index >= 15 is 0 Å². The molecule has 0 spiro atoms. The van der Waals surface area contributed by atoms with Crippen LogP contribution in [-0.2, 0) is 10.0 Å². The first-order valence-corrected chi connectivity index (χ1v) is 7.83. The second-order valence-electron chi connectivity index (χ2n) is 4.40. The van der Waals surface area contributed by atoms with E-state index in [9.17, 15) is 8.42 Å². The van der Waals surface area contributed by atoms with Crippen molar-refractivity contribution in [1.29, 1.82) is 0 Å². The van der Waals surface area contributed by atoms with Gasteiger partial charge in [0.1, 0.15) is 4.90 Å². The summed E-state index contributed by atoms with van der Waals surface area (Å²) in [5, 5.41) is 0.731. The van der Waals surface area contributed by atoms with Crippen LogP contribution in [0.25, 0.3) is 10.9 Å². The number of nitrogens with one attached hydrogen (secondary N) is 2. The highest BCUT2D eigenvalue weighted by Gasteiger charge is 2.20. The second-order valence-corrected chi connectivity index (χ2v) is 6.46. The largest absolute Gasteiger partial charge is 0.399 e. The molecule has 3 aromatic rings. The van der Waals surface area contributed by atoms with Gasteiger partial charge in [0.05, 0.1) is 5.02 Å². The number of H-pyrrole nitrogens is 1. The summed E-state index contributed by atoms with van der Waals surface area (Å²) >= 11 is 5.92. The number of halogens is 1. The molecular formula is C13H11ClN4O2S. The second kappa shape index (κ2) is 4.94. The van der Waals surface area contributed by atoms with Gasteiger partial charge in [0.2, 0.25) is 0 Å². The van der Waals surface area contributed by atoms with Gasteiger partial charge < -0.3 is 10.7 Å². The van der Waals surface area contributed by atoms with E-state index in [1.807, 2.05) is 0 Å². The van der Waals surface area contributed by atoms with E-state index in [0.29, 0.717) is 16.6 Å². The Labute approximate surface area is 126 Å². The Bertz CT molecular complexity index is 921. The number of nitrogens with zero attached hydrogens (tertiary/aromatic N) is 1. The van der Waals surface area contributed by atoms with E-state index in [1.165, 1.54) is 12.4 Å². The van der Waals surface area contributed by atoms with E-state index in [0.717, 1.165) is 0 Å². The average Bonchev–Trinajstić information content (AvgIpc) is 2.85. The third kappa shape index (κ3) is 2.53. The molecule has 0 fully saturated rings. The summed E-state index contributed by atoms with van der Waals surface area (Å²) in [5.41, 5.74) is 6.87. The third-order valence-electron chi connectivity index (χ3n) is 2.95. The number of hydrogen-bond donors (Lipinski definition) is 3. The lowest BCUT2D eigenvalue weighted by atomic mass is 10.2. The van der Waals surface area contributed by atoms with E-state index in [4.69, 9.17) is 17.3 Å². The van der Waals surface area contributed by atoms with Gasteiger partial charge in [0.25, 0.3) is 10.0 Å². The van der Waals surface area contributed by atoms with Crippen LogP contribution in [0.4, 0.5) is 11.5 Å². The summed E-state index contributed by atoms with van der Waals surface area (Å²) in [4.78, 5) is 6.90. The van der Waals surface area contributed by atoms with E-state index in [-0.39, 0.29) is 15.7 Å². The summed E-state index contributed by atoms with van der Waals surface area (Å²) in [7, 11) is -3.82. The van der Waals surface area contributed by atoms with Crippen molar-refractivity contribution in [2.45, 2.75) is 4.90 Å². The number of aromatic amines is 1. The van der Waals surface area contributed by atoms with Crippen LogP contribution in [-0.4, -0.2) is 18.4 Å². The number of benzene rings is 1. The molecule has 0 amide bonds. The number of fused-ring (bicyclic) bond motifs is 1. The number of nitrogen functional groups attached to an aromatic ring is 1. The first kappa shape index (κ1) is 13.7. The van der Waals surface area contributed by atoms with Crippen molar-refractivity contribution >= 4 is 44.0 Å². The molecule has 2 aromatic heterocycles. The molecule has 108 valence electrons. The predicted molar refractivity (Wildman–Crippen MR) is 82.8 cm³/mol.